The van der Waals surface area contributed by atoms with Gasteiger partial charge in [-0.2, -0.15) is 0 Å². The number of rotatable bonds is 3. The molecule has 0 aliphatic carbocycles. The van der Waals surface area contributed by atoms with Crippen LogP contribution in [0.1, 0.15) is 17.3 Å². The summed E-state index contributed by atoms with van der Waals surface area (Å²) >= 11 is 0. The molecular formula is C17H16O4. The highest BCUT2D eigenvalue weighted by atomic mass is 16.6. The lowest BCUT2D eigenvalue weighted by atomic mass is 10.0. The van der Waals surface area contributed by atoms with Crippen LogP contribution in [-0.2, 0) is 0 Å². The Hall–Kier alpha value is -2.49. The lowest BCUT2D eigenvalue weighted by Gasteiger charge is -2.19. The van der Waals surface area contributed by atoms with Crippen molar-refractivity contribution in [3.05, 3.63) is 42.0 Å². The van der Waals surface area contributed by atoms with Crippen LogP contribution in [-0.4, -0.2) is 26.1 Å². The minimum Gasteiger partial charge on any atom is -0.497 e. The lowest BCUT2D eigenvalue weighted by molar-refractivity contribution is 0.101. The SMILES string of the molecule is COc1cc(C(C)=O)cc(-c2ccc3c(c2)OCCO3)c1. The van der Waals surface area contributed by atoms with E-state index in [0.29, 0.717) is 24.5 Å². The molecule has 0 bridgehead atoms. The van der Waals surface area contributed by atoms with Gasteiger partial charge in [-0.05, 0) is 48.4 Å². The first-order valence-electron chi connectivity index (χ1n) is 6.77. The summed E-state index contributed by atoms with van der Waals surface area (Å²) in [6.07, 6.45) is 0. The van der Waals surface area contributed by atoms with Gasteiger partial charge in [-0.15, -0.1) is 0 Å². The van der Waals surface area contributed by atoms with Gasteiger partial charge in [0.25, 0.3) is 0 Å². The minimum atomic E-state index is 0.00712. The van der Waals surface area contributed by atoms with Crippen LogP contribution in [0.3, 0.4) is 0 Å². The molecule has 0 N–H and O–H groups in total. The summed E-state index contributed by atoms with van der Waals surface area (Å²) in [5.41, 5.74) is 2.50. The van der Waals surface area contributed by atoms with Crippen LogP contribution >= 0.6 is 0 Å². The second kappa shape index (κ2) is 5.48. The first-order chi connectivity index (χ1) is 10.2. The summed E-state index contributed by atoms with van der Waals surface area (Å²) in [5.74, 6) is 2.14. The number of carbonyl (C=O) groups is 1. The van der Waals surface area contributed by atoms with Crippen molar-refractivity contribution in [1.29, 1.82) is 0 Å². The number of Topliss-reactive ketones (excluding diaryl/α,β-unsaturated/α-hetero) is 1. The molecule has 1 heterocycles. The van der Waals surface area contributed by atoms with Gasteiger partial charge in [0.1, 0.15) is 19.0 Å². The predicted octanol–water partition coefficient (Wildman–Crippen LogP) is 3.34. The number of fused-ring (bicyclic) bond motifs is 1. The highest BCUT2D eigenvalue weighted by molar-refractivity contribution is 5.96. The topological polar surface area (TPSA) is 44.8 Å². The van der Waals surface area contributed by atoms with E-state index in [-0.39, 0.29) is 5.78 Å². The molecule has 0 radical (unpaired) electrons. The van der Waals surface area contributed by atoms with E-state index in [1.165, 1.54) is 0 Å². The van der Waals surface area contributed by atoms with Crippen molar-refractivity contribution in [3.63, 3.8) is 0 Å². The monoisotopic (exact) mass is 284 g/mol. The van der Waals surface area contributed by atoms with Gasteiger partial charge < -0.3 is 14.2 Å². The quantitative estimate of drug-likeness (QED) is 0.811. The van der Waals surface area contributed by atoms with Crippen LogP contribution in [0.4, 0.5) is 0 Å². The molecule has 0 unspecified atom stereocenters. The molecule has 0 amide bonds. The number of hydrogen-bond acceptors (Lipinski definition) is 4. The molecule has 4 heteroatoms. The van der Waals surface area contributed by atoms with Gasteiger partial charge in [0.05, 0.1) is 7.11 Å². The molecule has 21 heavy (non-hydrogen) atoms. The Labute approximate surface area is 123 Å². The van der Waals surface area contributed by atoms with Gasteiger partial charge in [-0.25, -0.2) is 0 Å². The normalized spacial score (nSPS) is 12.9. The average molecular weight is 284 g/mol. The highest BCUT2D eigenvalue weighted by Gasteiger charge is 2.13. The molecule has 0 spiro atoms. The molecule has 0 saturated carbocycles. The average Bonchev–Trinajstić information content (AvgIpc) is 2.53. The van der Waals surface area contributed by atoms with E-state index in [2.05, 4.69) is 0 Å². The van der Waals surface area contributed by atoms with Crippen molar-refractivity contribution < 1.29 is 19.0 Å². The molecule has 0 fully saturated rings. The fraction of sp³-hybridized carbons (Fsp3) is 0.235. The Morgan fingerprint density at radius 3 is 2.48 bits per heavy atom. The third kappa shape index (κ3) is 2.70. The molecule has 108 valence electrons. The molecule has 3 rings (SSSR count). The first-order valence-corrected chi connectivity index (χ1v) is 6.77. The lowest BCUT2D eigenvalue weighted by Crippen LogP contribution is -2.15. The Balaban J connectivity index is 2.07. The van der Waals surface area contributed by atoms with Crippen LogP contribution in [0, 0.1) is 0 Å². The summed E-state index contributed by atoms with van der Waals surface area (Å²) < 4.78 is 16.4. The molecule has 2 aromatic carbocycles. The fourth-order valence-corrected chi connectivity index (χ4v) is 2.31. The first kappa shape index (κ1) is 13.5. The number of benzene rings is 2. The maximum atomic E-state index is 11.6. The number of carbonyl (C=O) groups excluding carboxylic acids is 1. The van der Waals surface area contributed by atoms with Crippen molar-refractivity contribution in [2.45, 2.75) is 6.92 Å². The standard InChI is InChI=1S/C17H16O4/c1-11(18)13-7-14(9-15(8-13)19-2)12-3-4-16-17(10-12)21-6-5-20-16/h3-4,7-10H,5-6H2,1-2H3. The Bertz CT molecular complexity index is 691. The van der Waals surface area contributed by atoms with E-state index in [0.717, 1.165) is 22.6 Å². The second-order valence-corrected chi connectivity index (χ2v) is 4.86. The zero-order valence-electron chi connectivity index (χ0n) is 12.0. The van der Waals surface area contributed by atoms with Gasteiger partial charge in [0.15, 0.2) is 17.3 Å². The van der Waals surface area contributed by atoms with E-state index < -0.39 is 0 Å². The van der Waals surface area contributed by atoms with Crippen molar-refractivity contribution in [2.24, 2.45) is 0 Å². The summed E-state index contributed by atoms with van der Waals surface area (Å²) in [6, 6.07) is 11.3. The van der Waals surface area contributed by atoms with Crippen molar-refractivity contribution >= 4 is 5.78 Å². The second-order valence-electron chi connectivity index (χ2n) is 4.86. The summed E-state index contributed by atoms with van der Waals surface area (Å²) in [5, 5.41) is 0. The third-order valence-corrected chi connectivity index (χ3v) is 3.42. The van der Waals surface area contributed by atoms with E-state index in [1.54, 1.807) is 20.1 Å². The van der Waals surface area contributed by atoms with Gasteiger partial charge in [0, 0.05) is 5.56 Å². The highest BCUT2D eigenvalue weighted by Crippen LogP contribution is 2.35. The number of ether oxygens (including phenoxy) is 3. The summed E-state index contributed by atoms with van der Waals surface area (Å²) in [4.78, 5) is 11.6. The van der Waals surface area contributed by atoms with Gasteiger partial charge in [-0.1, -0.05) is 6.07 Å². The molecule has 0 saturated heterocycles. The van der Waals surface area contributed by atoms with Gasteiger partial charge in [0.2, 0.25) is 0 Å². The number of hydrogen-bond donors (Lipinski definition) is 0. The van der Waals surface area contributed by atoms with Crippen molar-refractivity contribution in [1.82, 2.24) is 0 Å². The predicted molar refractivity (Wildman–Crippen MR) is 79.4 cm³/mol. The van der Waals surface area contributed by atoms with Crippen molar-refractivity contribution in [2.75, 3.05) is 20.3 Å². The van der Waals surface area contributed by atoms with Crippen LogP contribution < -0.4 is 14.2 Å². The molecule has 0 aromatic heterocycles. The molecule has 0 atom stereocenters. The fourth-order valence-electron chi connectivity index (χ4n) is 2.31. The molecule has 1 aliphatic rings. The maximum absolute atomic E-state index is 11.6. The third-order valence-electron chi connectivity index (χ3n) is 3.42. The summed E-state index contributed by atoms with van der Waals surface area (Å²) in [6.45, 7) is 2.66. The van der Waals surface area contributed by atoms with Crippen molar-refractivity contribution in [3.8, 4) is 28.4 Å². The number of methoxy groups -OCH3 is 1. The van der Waals surface area contributed by atoms with Crippen LogP contribution in [0.25, 0.3) is 11.1 Å². The molecule has 2 aromatic rings. The number of ketones is 1. The Morgan fingerprint density at radius 1 is 1.00 bits per heavy atom. The van der Waals surface area contributed by atoms with E-state index in [1.807, 2.05) is 30.3 Å². The molecule has 1 aliphatic heterocycles. The van der Waals surface area contributed by atoms with Gasteiger partial charge >= 0.3 is 0 Å². The van der Waals surface area contributed by atoms with E-state index in [4.69, 9.17) is 14.2 Å². The van der Waals surface area contributed by atoms with E-state index >= 15 is 0 Å². The zero-order chi connectivity index (χ0) is 14.8. The Morgan fingerprint density at radius 2 is 1.76 bits per heavy atom. The smallest absolute Gasteiger partial charge is 0.161 e. The molecule has 4 nitrogen and oxygen atoms in total. The molecular weight excluding hydrogens is 268 g/mol. The van der Waals surface area contributed by atoms with Crippen LogP contribution in [0.2, 0.25) is 0 Å². The largest absolute Gasteiger partial charge is 0.497 e. The minimum absolute atomic E-state index is 0.00712. The van der Waals surface area contributed by atoms with E-state index in [9.17, 15) is 4.79 Å². The zero-order valence-corrected chi connectivity index (χ0v) is 12.0. The Kier molecular flexibility index (Phi) is 3.52. The van der Waals surface area contributed by atoms with Crippen LogP contribution in [0.5, 0.6) is 17.2 Å². The maximum Gasteiger partial charge on any atom is 0.161 e. The summed E-state index contributed by atoms with van der Waals surface area (Å²) in [7, 11) is 1.59. The van der Waals surface area contributed by atoms with Gasteiger partial charge in [-0.3, -0.25) is 4.79 Å². The van der Waals surface area contributed by atoms with Crippen LogP contribution in [0.15, 0.2) is 36.4 Å².